The van der Waals surface area contributed by atoms with Crippen molar-refractivity contribution in [2.24, 2.45) is 5.73 Å². The maximum Gasteiger partial charge on any atom is 0.272 e. The molecule has 0 aliphatic rings. The van der Waals surface area contributed by atoms with Crippen molar-refractivity contribution in [3.8, 4) is 5.75 Å². The topological polar surface area (TPSA) is 89.4 Å². The summed E-state index contributed by atoms with van der Waals surface area (Å²) < 4.78 is 0. The van der Waals surface area contributed by atoms with Gasteiger partial charge >= 0.3 is 0 Å². The Bertz CT molecular complexity index is 325. The first kappa shape index (κ1) is 9.47. The monoisotopic (exact) mass is 182 g/mol. The molecular formula is C8H10N2O3. The van der Waals surface area contributed by atoms with Gasteiger partial charge in [0, 0.05) is 11.6 Å². The van der Waals surface area contributed by atoms with E-state index in [0.29, 0.717) is 18.5 Å². The smallest absolute Gasteiger partial charge is 0.272 e. The molecule has 0 aromatic heterocycles. The zero-order valence-electron chi connectivity index (χ0n) is 6.93. The molecule has 0 saturated heterocycles. The summed E-state index contributed by atoms with van der Waals surface area (Å²) in [5.74, 6) is 0.0223. The van der Waals surface area contributed by atoms with Gasteiger partial charge in [-0.15, -0.1) is 0 Å². The number of phenolic OH excluding ortho intramolecular Hbond substituents is 1. The number of rotatable bonds is 3. The number of phenols is 1. The molecule has 0 heterocycles. The third-order valence-electron chi connectivity index (χ3n) is 1.67. The zero-order chi connectivity index (χ0) is 9.84. The second kappa shape index (κ2) is 3.86. The van der Waals surface area contributed by atoms with Gasteiger partial charge in [-0.1, -0.05) is 0 Å². The molecule has 3 N–H and O–H groups in total. The van der Waals surface area contributed by atoms with Gasteiger partial charge in [-0.2, -0.15) is 0 Å². The minimum atomic E-state index is -0.482. The Morgan fingerprint density at radius 3 is 2.77 bits per heavy atom. The Kier molecular flexibility index (Phi) is 2.81. The molecule has 0 radical (unpaired) electrons. The van der Waals surface area contributed by atoms with Crippen LogP contribution in [-0.4, -0.2) is 16.6 Å². The predicted octanol–water partition coefficient (Wildman–Crippen LogP) is 0.802. The fraction of sp³-hybridized carbons (Fsp3) is 0.250. The first-order valence-corrected chi connectivity index (χ1v) is 3.81. The van der Waals surface area contributed by atoms with Gasteiger partial charge in [0.1, 0.15) is 5.75 Å². The van der Waals surface area contributed by atoms with Crippen molar-refractivity contribution in [3.63, 3.8) is 0 Å². The molecule has 0 saturated carbocycles. The summed E-state index contributed by atoms with van der Waals surface area (Å²) in [4.78, 5) is 10.0. The highest BCUT2D eigenvalue weighted by Gasteiger charge is 2.12. The van der Waals surface area contributed by atoms with E-state index in [0.717, 1.165) is 0 Å². The molecule has 5 heteroatoms. The lowest BCUT2D eigenvalue weighted by molar-refractivity contribution is -0.385. The van der Waals surface area contributed by atoms with Crippen molar-refractivity contribution in [3.05, 3.63) is 33.9 Å². The van der Waals surface area contributed by atoms with Crippen molar-refractivity contribution in [1.29, 1.82) is 0 Å². The molecule has 1 aromatic rings. The van der Waals surface area contributed by atoms with Crippen LogP contribution in [0.5, 0.6) is 5.75 Å². The highest BCUT2D eigenvalue weighted by atomic mass is 16.6. The summed E-state index contributed by atoms with van der Waals surface area (Å²) in [6, 6.07) is 3.93. The summed E-state index contributed by atoms with van der Waals surface area (Å²) in [5, 5.41) is 19.6. The van der Waals surface area contributed by atoms with E-state index in [1.807, 2.05) is 0 Å². The third-order valence-corrected chi connectivity index (χ3v) is 1.67. The van der Waals surface area contributed by atoms with Gasteiger partial charge in [-0.25, -0.2) is 0 Å². The second-order valence-corrected chi connectivity index (χ2v) is 2.61. The zero-order valence-corrected chi connectivity index (χ0v) is 6.93. The van der Waals surface area contributed by atoms with Gasteiger partial charge in [0.2, 0.25) is 0 Å². The van der Waals surface area contributed by atoms with Crippen molar-refractivity contribution in [2.75, 3.05) is 6.54 Å². The molecule has 0 aliphatic carbocycles. The van der Waals surface area contributed by atoms with Crippen LogP contribution < -0.4 is 5.73 Å². The van der Waals surface area contributed by atoms with Crippen LogP contribution in [-0.2, 0) is 6.42 Å². The molecule has 0 unspecified atom stereocenters. The van der Waals surface area contributed by atoms with E-state index in [1.54, 1.807) is 0 Å². The average Bonchev–Trinajstić information content (AvgIpc) is 2.04. The third kappa shape index (κ3) is 2.16. The quantitative estimate of drug-likeness (QED) is 0.534. The molecule has 0 aliphatic heterocycles. The normalized spacial score (nSPS) is 9.92. The van der Waals surface area contributed by atoms with Crippen LogP contribution in [0.2, 0.25) is 0 Å². The summed E-state index contributed by atoms with van der Waals surface area (Å²) in [6.07, 6.45) is 0.394. The number of nitro benzene ring substituents is 1. The summed E-state index contributed by atoms with van der Waals surface area (Å²) >= 11 is 0. The number of nitrogens with two attached hydrogens (primary N) is 1. The molecule has 1 rings (SSSR count). The van der Waals surface area contributed by atoms with E-state index in [9.17, 15) is 10.1 Å². The van der Waals surface area contributed by atoms with Crippen LogP contribution >= 0.6 is 0 Å². The largest absolute Gasteiger partial charge is 0.508 e. The fourth-order valence-electron chi connectivity index (χ4n) is 1.11. The lowest BCUT2D eigenvalue weighted by Crippen LogP contribution is -2.05. The Morgan fingerprint density at radius 1 is 1.54 bits per heavy atom. The van der Waals surface area contributed by atoms with E-state index < -0.39 is 4.92 Å². The van der Waals surface area contributed by atoms with E-state index >= 15 is 0 Å². The van der Waals surface area contributed by atoms with Crippen LogP contribution in [0, 0.1) is 10.1 Å². The van der Waals surface area contributed by atoms with Gasteiger partial charge in [0.15, 0.2) is 0 Å². The van der Waals surface area contributed by atoms with Gasteiger partial charge in [-0.3, -0.25) is 10.1 Å². The number of nitrogens with zero attached hydrogens (tertiary/aromatic N) is 1. The average molecular weight is 182 g/mol. The van der Waals surface area contributed by atoms with Crippen LogP contribution in [0.4, 0.5) is 5.69 Å². The van der Waals surface area contributed by atoms with E-state index in [-0.39, 0.29) is 11.4 Å². The molecule has 1 aromatic carbocycles. The number of aromatic hydroxyl groups is 1. The van der Waals surface area contributed by atoms with Crippen LogP contribution in [0.1, 0.15) is 5.56 Å². The molecule has 0 bridgehead atoms. The Balaban J connectivity index is 3.10. The molecule has 0 amide bonds. The van der Waals surface area contributed by atoms with Crippen LogP contribution in [0.25, 0.3) is 0 Å². The first-order valence-electron chi connectivity index (χ1n) is 3.81. The standard InChI is InChI=1S/C8H10N2O3/c9-4-3-6-5-7(11)1-2-8(6)10(12)13/h1-2,5,11H,3-4,9H2. The van der Waals surface area contributed by atoms with Gasteiger partial charge in [0.25, 0.3) is 5.69 Å². The van der Waals surface area contributed by atoms with Crippen molar-refractivity contribution in [2.45, 2.75) is 6.42 Å². The maximum atomic E-state index is 10.5. The molecule has 0 atom stereocenters. The number of benzene rings is 1. The van der Waals surface area contributed by atoms with Gasteiger partial charge in [-0.05, 0) is 25.1 Å². The minimum Gasteiger partial charge on any atom is -0.508 e. The summed E-state index contributed by atoms with van der Waals surface area (Å²) in [7, 11) is 0. The number of hydrogen-bond donors (Lipinski definition) is 2. The number of nitro groups is 1. The molecule has 70 valence electrons. The highest BCUT2D eigenvalue weighted by molar-refractivity contribution is 5.44. The van der Waals surface area contributed by atoms with E-state index in [2.05, 4.69) is 0 Å². The SMILES string of the molecule is NCCc1cc(O)ccc1[N+](=O)[O-]. The van der Waals surface area contributed by atoms with E-state index in [1.165, 1.54) is 18.2 Å². The van der Waals surface area contributed by atoms with Crippen molar-refractivity contribution < 1.29 is 10.0 Å². The van der Waals surface area contributed by atoms with Crippen molar-refractivity contribution in [1.82, 2.24) is 0 Å². The molecule has 0 spiro atoms. The Hall–Kier alpha value is -1.62. The van der Waals surface area contributed by atoms with E-state index in [4.69, 9.17) is 10.8 Å². The molecule has 0 fully saturated rings. The predicted molar refractivity (Wildman–Crippen MR) is 47.5 cm³/mol. The van der Waals surface area contributed by atoms with Gasteiger partial charge in [0.05, 0.1) is 4.92 Å². The minimum absolute atomic E-state index is 0.00301. The molecule has 13 heavy (non-hydrogen) atoms. The Morgan fingerprint density at radius 2 is 2.23 bits per heavy atom. The fourth-order valence-corrected chi connectivity index (χ4v) is 1.11. The Labute approximate surface area is 74.9 Å². The second-order valence-electron chi connectivity index (χ2n) is 2.61. The lowest BCUT2D eigenvalue weighted by atomic mass is 10.1. The maximum absolute atomic E-state index is 10.5. The number of hydrogen-bond acceptors (Lipinski definition) is 4. The van der Waals surface area contributed by atoms with Crippen LogP contribution in [0.15, 0.2) is 18.2 Å². The highest BCUT2D eigenvalue weighted by Crippen LogP contribution is 2.23. The summed E-state index contributed by atoms with van der Waals surface area (Å²) in [6.45, 7) is 0.324. The molecular weight excluding hydrogens is 172 g/mol. The first-order chi connectivity index (χ1) is 6.15. The molecule has 5 nitrogen and oxygen atoms in total. The van der Waals surface area contributed by atoms with Crippen LogP contribution in [0.3, 0.4) is 0 Å². The van der Waals surface area contributed by atoms with Gasteiger partial charge < -0.3 is 10.8 Å². The van der Waals surface area contributed by atoms with Crippen molar-refractivity contribution >= 4 is 5.69 Å². The summed E-state index contributed by atoms with van der Waals surface area (Å²) in [5.41, 5.74) is 5.74. The lowest BCUT2D eigenvalue weighted by Gasteiger charge is -2.01.